The van der Waals surface area contributed by atoms with Gasteiger partial charge in [0.15, 0.2) is 0 Å². The Bertz CT molecular complexity index is 1010. The number of carbonyl (C=O) groups excluding carboxylic acids is 3. The lowest BCUT2D eigenvalue weighted by Crippen LogP contribution is -2.51. The summed E-state index contributed by atoms with van der Waals surface area (Å²) in [6, 6.07) is 15.0. The Morgan fingerprint density at radius 1 is 1.03 bits per heavy atom. The molecular formula is C25H27ClN2O3. The second-order valence-corrected chi connectivity index (χ2v) is 9.08. The fourth-order valence-electron chi connectivity index (χ4n) is 5.10. The van der Waals surface area contributed by atoms with Gasteiger partial charge in [0.1, 0.15) is 0 Å². The van der Waals surface area contributed by atoms with E-state index in [1.54, 1.807) is 0 Å². The van der Waals surface area contributed by atoms with Gasteiger partial charge in [-0.2, -0.15) is 0 Å². The lowest BCUT2D eigenvalue weighted by molar-refractivity contribution is -0.138. The third-order valence-electron chi connectivity index (χ3n) is 7.03. The van der Waals surface area contributed by atoms with Crippen LogP contribution >= 0.6 is 11.6 Å². The zero-order valence-corrected chi connectivity index (χ0v) is 18.4. The van der Waals surface area contributed by atoms with Gasteiger partial charge in [-0.3, -0.25) is 19.7 Å². The van der Waals surface area contributed by atoms with E-state index in [1.807, 2.05) is 55.5 Å². The zero-order valence-electron chi connectivity index (χ0n) is 17.7. The Kier molecular flexibility index (Phi) is 5.89. The van der Waals surface area contributed by atoms with Crippen molar-refractivity contribution in [3.8, 4) is 0 Å². The molecule has 0 aromatic heterocycles. The number of anilines is 1. The number of halogens is 1. The highest BCUT2D eigenvalue weighted by Crippen LogP contribution is 2.43. The minimum absolute atomic E-state index is 0.0220. The van der Waals surface area contributed by atoms with Crippen molar-refractivity contribution in [2.24, 2.45) is 0 Å². The largest absolute Gasteiger partial charge is 0.325 e. The molecule has 3 amide bonds. The van der Waals surface area contributed by atoms with E-state index in [0.29, 0.717) is 30.0 Å². The number of imide groups is 1. The Morgan fingerprint density at radius 3 is 2.35 bits per heavy atom. The molecule has 0 radical (unpaired) electrons. The van der Waals surface area contributed by atoms with Crippen LogP contribution in [0.2, 0.25) is 5.02 Å². The van der Waals surface area contributed by atoms with Crippen molar-refractivity contribution >= 4 is 35.0 Å². The Hall–Kier alpha value is -2.66. The highest BCUT2D eigenvalue weighted by molar-refractivity contribution is 6.30. The lowest BCUT2D eigenvalue weighted by Gasteiger charge is -2.35. The van der Waals surface area contributed by atoms with Crippen LogP contribution in [0.1, 0.15) is 63.0 Å². The van der Waals surface area contributed by atoms with Crippen LogP contribution in [-0.2, 0) is 25.2 Å². The smallest absolute Gasteiger partial charge is 0.237 e. The van der Waals surface area contributed by atoms with E-state index in [1.165, 1.54) is 0 Å². The summed E-state index contributed by atoms with van der Waals surface area (Å²) in [6.45, 7) is 1.96. The molecule has 4 rings (SSSR count). The Morgan fingerprint density at radius 2 is 1.74 bits per heavy atom. The molecule has 31 heavy (non-hydrogen) atoms. The van der Waals surface area contributed by atoms with E-state index >= 15 is 0 Å². The average Bonchev–Trinajstić information content (AvgIpc) is 3.26. The highest BCUT2D eigenvalue weighted by Gasteiger charge is 2.44. The van der Waals surface area contributed by atoms with Crippen LogP contribution in [0.3, 0.4) is 0 Å². The van der Waals surface area contributed by atoms with E-state index < -0.39 is 10.8 Å². The third kappa shape index (κ3) is 3.87. The first kappa shape index (κ1) is 21.6. The van der Waals surface area contributed by atoms with Crippen LogP contribution in [-0.4, -0.2) is 17.7 Å². The Labute approximate surface area is 187 Å². The number of rotatable bonds is 5. The van der Waals surface area contributed by atoms with Gasteiger partial charge in [-0.05, 0) is 61.1 Å². The summed E-state index contributed by atoms with van der Waals surface area (Å²) in [7, 11) is 0. The second-order valence-electron chi connectivity index (χ2n) is 8.64. The molecule has 1 saturated heterocycles. The topological polar surface area (TPSA) is 75.3 Å². The van der Waals surface area contributed by atoms with Gasteiger partial charge in [-0.25, -0.2) is 0 Å². The number of piperidine rings is 1. The van der Waals surface area contributed by atoms with E-state index in [0.717, 1.165) is 36.8 Å². The molecule has 1 atom stereocenters. The van der Waals surface area contributed by atoms with Crippen LogP contribution < -0.4 is 10.6 Å². The number of hydrogen-bond donors (Lipinski definition) is 2. The lowest BCUT2D eigenvalue weighted by atomic mass is 9.72. The molecule has 1 unspecified atom stereocenters. The van der Waals surface area contributed by atoms with Crippen molar-refractivity contribution in [3.63, 3.8) is 0 Å². The molecule has 0 spiro atoms. The maximum absolute atomic E-state index is 13.4. The van der Waals surface area contributed by atoms with Gasteiger partial charge in [0.2, 0.25) is 17.7 Å². The van der Waals surface area contributed by atoms with Crippen LogP contribution in [0.4, 0.5) is 5.69 Å². The number of amides is 3. The van der Waals surface area contributed by atoms with Gasteiger partial charge in [-0.1, -0.05) is 55.6 Å². The maximum atomic E-state index is 13.4. The minimum Gasteiger partial charge on any atom is -0.325 e. The average molecular weight is 439 g/mol. The summed E-state index contributed by atoms with van der Waals surface area (Å²) in [5.74, 6) is -0.485. The summed E-state index contributed by atoms with van der Waals surface area (Å²) in [6.07, 6.45) is 5.04. The van der Waals surface area contributed by atoms with Crippen LogP contribution in [0.15, 0.2) is 48.5 Å². The summed E-state index contributed by atoms with van der Waals surface area (Å²) >= 11 is 6.20. The molecule has 2 aromatic carbocycles. The van der Waals surface area contributed by atoms with Crippen molar-refractivity contribution in [2.75, 3.05) is 5.32 Å². The molecule has 2 aliphatic rings. The zero-order chi connectivity index (χ0) is 22.1. The third-order valence-corrected chi connectivity index (χ3v) is 7.27. The normalized spacial score (nSPS) is 22.8. The fraction of sp³-hybridized carbons (Fsp3) is 0.400. The van der Waals surface area contributed by atoms with Gasteiger partial charge in [-0.15, -0.1) is 0 Å². The number of benzene rings is 2. The molecule has 1 heterocycles. The molecule has 1 aliphatic carbocycles. The first-order chi connectivity index (χ1) is 14.9. The van der Waals surface area contributed by atoms with Gasteiger partial charge in [0, 0.05) is 17.1 Å². The monoisotopic (exact) mass is 438 g/mol. The highest BCUT2D eigenvalue weighted by atomic mass is 35.5. The minimum atomic E-state index is -0.704. The molecule has 2 aromatic rings. The van der Waals surface area contributed by atoms with E-state index in [9.17, 15) is 14.4 Å². The number of hydrogen-bond acceptors (Lipinski definition) is 3. The van der Waals surface area contributed by atoms with E-state index in [4.69, 9.17) is 11.6 Å². The SMILES string of the molecule is CCC1(c2ccc(NC(=O)C3(c4cccc(Cl)c4)CCCC3)cc2)CCC(=O)NC1=O. The van der Waals surface area contributed by atoms with E-state index in [-0.39, 0.29) is 17.7 Å². The molecule has 162 valence electrons. The molecule has 5 nitrogen and oxygen atoms in total. The summed E-state index contributed by atoms with van der Waals surface area (Å²) in [4.78, 5) is 37.6. The molecule has 2 N–H and O–H groups in total. The molecule has 6 heteroatoms. The van der Waals surface area contributed by atoms with E-state index in [2.05, 4.69) is 10.6 Å². The molecular weight excluding hydrogens is 412 g/mol. The first-order valence-corrected chi connectivity index (χ1v) is 11.3. The van der Waals surface area contributed by atoms with Crippen molar-refractivity contribution in [3.05, 3.63) is 64.7 Å². The molecule has 1 saturated carbocycles. The maximum Gasteiger partial charge on any atom is 0.237 e. The van der Waals surface area contributed by atoms with Gasteiger partial charge >= 0.3 is 0 Å². The van der Waals surface area contributed by atoms with Crippen molar-refractivity contribution in [1.82, 2.24) is 5.32 Å². The first-order valence-electron chi connectivity index (χ1n) is 10.9. The van der Waals surface area contributed by atoms with Crippen LogP contribution in [0.5, 0.6) is 0 Å². The summed E-state index contributed by atoms with van der Waals surface area (Å²) < 4.78 is 0. The summed E-state index contributed by atoms with van der Waals surface area (Å²) in [5, 5.41) is 6.19. The van der Waals surface area contributed by atoms with Gasteiger partial charge < -0.3 is 5.32 Å². The van der Waals surface area contributed by atoms with Crippen molar-refractivity contribution < 1.29 is 14.4 Å². The van der Waals surface area contributed by atoms with Gasteiger partial charge in [0.25, 0.3) is 0 Å². The quantitative estimate of drug-likeness (QED) is 0.653. The number of nitrogens with one attached hydrogen (secondary N) is 2. The summed E-state index contributed by atoms with van der Waals surface area (Å²) in [5.41, 5.74) is 1.24. The number of carbonyl (C=O) groups is 3. The standard InChI is InChI=1S/C25H27ClN2O3/c1-2-24(15-12-21(29)28-22(24)30)17-8-10-20(11-9-17)27-23(31)25(13-3-4-14-25)18-6-5-7-19(26)16-18/h5-11,16H,2-4,12-15H2,1H3,(H,27,31)(H,28,29,30). The predicted molar refractivity (Wildman–Crippen MR) is 121 cm³/mol. The van der Waals surface area contributed by atoms with Gasteiger partial charge in [0.05, 0.1) is 10.8 Å². The van der Waals surface area contributed by atoms with Crippen LogP contribution in [0, 0.1) is 0 Å². The fourth-order valence-corrected chi connectivity index (χ4v) is 5.29. The van der Waals surface area contributed by atoms with Crippen molar-refractivity contribution in [2.45, 2.75) is 62.7 Å². The molecule has 2 fully saturated rings. The predicted octanol–water partition coefficient (Wildman–Crippen LogP) is 4.87. The van der Waals surface area contributed by atoms with Crippen molar-refractivity contribution in [1.29, 1.82) is 0 Å². The molecule has 0 bridgehead atoms. The van der Waals surface area contributed by atoms with Crippen LogP contribution in [0.25, 0.3) is 0 Å². The Balaban J connectivity index is 1.56. The second kappa shape index (κ2) is 8.46. The molecule has 1 aliphatic heterocycles.